The molecule has 7 heteroatoms. The molecule has 0 amide bonds. The first kappa shape index (κ1) is 21.3. The normalized spacial score (nSPS) is 15.7. The van der Waals surface area contributed by atoms with E-state index in [1.807, 2.05) is 47.4 Å². The SMILES string of the molecule is COc1ccc2[nH]c(=O)c(CN(C[C@@H]3CCCO3)C(=S)NCc3ccccc3)cc2c1. The van der Waals surface area contributed by atoms with E-state index < -0.39 is 0 Å². The van der Waals surface area contributed by atoms with Crippen molar-refractivity contribution in [3.8, 4) is 5.75 Å². The van der Waals surface area contributed by atoms with Gasteiger partial charge in [-0.05, 0) is 54.9 Å². The van der Waals surface area contributed by atoms with Crippen LogP contribution in [0.4, 0.5) is 0 Å². The van der Waals surface area contributed by atoms with Crippen LogP contribution < -0.4 is 15.6 Å². The second kappa shape index (κ2) is 9.94. The summed E-state index contributed by atoms with van der Waals surface area (Å²) in [5.41, 5.74) is 2.48. The fraction of sp³-hybridized carbons (Fsp3) is 0.333. The number of methoxy groups -OCH3 is 1. The van der Waals surface area contributed by atoms with Crippen molar-refractivity contribution in [2.45, 2.75) is 32.0 Å². The zero-order chi connectivity index (χ0) is 21.6. The van der Waals surface area contributed by atoms with Gasteiger partial charge in [-0.1, -0.05) is 30.3 Å². The number of ether oxygens (including phenoxy) is 2. The minimum absolute atomic E-state index is 0.110. The first-order valence-corrected chi connectivity index (χ1v) is 10.9. The molecular weight excluding hydrogens is 410 g/mol. The maximum atomic E-state index is 12.8. The molecule has 2 N–H and O–H groups in total. The minimum atomic E-state index is -0.110. The Labute approximate surface area is 187 Å². The number of fused-ring (bicyclic) bond motifs is 1. The standard InChI is InChI=1S/C24H27N3O3S/c1-29-20-9-10-22-18(13-20)12-19(23(28)26-22)15-27(16-21-8-5-11-30-21)24(31)25-14-17-6-3-2-4-7-17/h2-4,6-7,9-10,12-13,21H,5,8,11,14-16H2,1H3,(H,25,31)(H,26,28)/t21-/m0/s1. The average Bonchev–Trinajstić information content (AvgIpc) is 3.31. The molecule has 0 aliphatic carbocycles. The van der Waals surface area contributed by atoms with Gasteiger partial charge in [-0.25, -0.2) is 0 Å². The number of nitrogens with one attached hydrogen (secondary N) is 2. The van der Waals surface area contributed by atoms with Gasteiger partial charge in [-0.15, -0.1) is 0 Å². The van der Waals surface area contributed by atoms with Crippen LogP contribution in [0.15, 0.2) is 59.4 Å². The van der Waals surface area contributed by atoms with Crippen molar-refractivity contribution in [2.24, 2.45) is 0 Å². The van der Waals surface area contributed by atoms with Gasteiger partial charge < -0.3 is 24.7 Å². The van der Waals surface area contributed by atoms with Gasteiger partial charge in [-0.2, -0.15) is 0 Å². The Balaban J connectivity index is 1.55. The fourth-order valence-corrected chi connectivity index (χ4v) is 4.03. The third-order valence-corrected chi connectivity index (χ3v) is 5.91. The predicted octanol–water partition coefficient (Wildman–Crippen LogP) is 3.59. The largest absolute Gasteiger partial charge is 0.497 e. The maximum Gasteiger partial charge on any atom is 0.253 e. The number of rotatable bonds is 7. The third kappa shape index (κ3) is 5.42. The molecule has 1 saturated heterocycles. The van der Waals surface area contributed by atoms with Crippen molar-refractivity contribution in [3.05, 3.63) is 76.1 Å². The van der Waals surface area contributed by atoms with Crippen LogP contribution in [0.5, 0.6) is 5.75 Å². The number of benzene rings is 2. The monoisotopic (exact) mass is 437 g/mol. The van der Waals surface area contributed by atoms with Crippen LogP contribution in [0.2, 0.25) is 0 Å². The van der Waals surface area contributed by atoms with E-state index in [0.29, 0.717) is 30.3 Å². The summed E-state index contributed by atoms with van der Waals surface area (Å²) in [6, 6.07) is 17.7. The molecule has 1 aromatic heterocycles. The molecule has 0 radical (unpaired) electrons. The van der Waals surface area contributed by atoms with E-state index in [4.69, 9.17) is 21.7 Å². The van der Waals surface area contributed by atoms with Crippen molar-refractivity contribution in [1.29, 1.82) is 0 Å². The van der Waals surface area contributed by atoms with Crippen molar-refractivity contribution in [1.82, 2.24) is 15.2 Å². The van der Waals surface area contributed by atoms with Crippen LogP contribution >= 0.6 is 12.2 Å². The van der Waals surface area contributed by atoms with Crippen LogP contribution in [0, 0.1) is 0 Å². The van der Waals surface area contributed by atoms with E-state index in [1.165, 1.54) is 0 Å². The number of pyridine rings is 1. The summed E-state index contributed by atoms with van der Waals surface area (Å²) < 4.78 is 11.2. The molecule has 0 unspecified atom stereocenters. The Kier molecular flexibility index (Phi) is 6.84. The lowest BCUT2D eigenvalue weighted by Crippen LogP contribution is -2.43. The summed E-state index contributed by atoms with van der Waals surface area (Å²) in [6.45, 7) is 2.46. The zero-order valence-electron chi connectivity index (χ0n) is 17.6. The number of nitrogens with zero attached hydrogens (tertiary/aromatic N) is 1. The predicted molar refractivity (Wildman–Crippen MR) is 126 cm³/mol. The van der Waals surface area contributed by atoms with Gasteiger partial charge >= 0.3 is 0 Å². The second-order valence-electron chi connectivity index (χ2n) is 7.74. The molecule has 4 rings (SSSR count). The van der Waals surface area contributed by atoms with E-state index in [0.717, 1.165) is 41.7 Å². The van der Waals surface area contributed by atoms with Gasteiger partial charge in [0.25, 0.3) is 5.56 Å². The summed E-state index contributed by atoms with van der Waals surface area (Å²) in [7, 11) is 1.63. The molecule has 0 saturated carbocycles. The summed E-state index contributed by atoms with van der Waals surface area (Å²) in [5, 5.41) is 4.88. The third-order valence-electron chi connectivity index (χ3n) is 5.51. The van der Waals surface area contributed by atoms with E-state index in [2.05, 4.69) is 22.4 Å². The Morgan fingerprint density at radius 3 is 2.84 bits per heavy atom. The molecule has 2 aromatic carbocycles. The lowest BCUT2D eigenvalue weighted by molar-refractivity contribution is 0.0896. The van der Waals surface area contributed by atoms with Gasteiger partial charge in [0.15, 0.2) is 5.11 Å². The summed E-state index contributed by atoms with van der Waals surface area (Å²) in [6.07, 6.45) is 2.18. The number of aromatic amines is 1. The van der Waals surface area contributed by atoms with Gasteiger partial charge in [0.1, 0.15) is 5.75 Å². The zero-order valence-corrected chi connectivity index (χ0v) is 18.4. The molecule has 31 heavy (non-hydrogen) atoms. The van der Waals surface area contributed by atoms with Gasteiger partial charge in [0.2, 0.25) is 0 Å². The topological polar surface area (TPSA) is 66.6 Å². The molecule has 6 nitrogen and oxygen atoms in total. The highest BCUT2D eigenvalue weighted by Gasteiger charge is 2.22. The lowest BCUT2D eigenvalue weighted by atomic mass is 10.1. The highest BCUT2D eigenvalue weighted by Crippen LogP contribution is 2.20. The van der Waals surface area contributed by atoms with Crippen LogP contribution in [0.3, 0.4) is 0 Å². The van der Waals surface area contributed by atoms with Crippen LogP contribution in [0.1, 0.15) is 24.0 Å². The van der Waals surface area contributed by atoms with E-state index in [1.54, 1.807) is 7.11 Å². The Morgan fingerprint density at radius 1 is 1.26 bits per heavy atom. The molecule has 1 fully saturated rings. The molecule has 3 aromatic rings. The van der Waals surface area contributed by atoms with Crippen molar-refractivity contribution < 1.29 is 9.47 Å². The number of hydrogen-bond acceptors (Lipinski definition) is 4. The molecule has 2 heterocycles. The van der Waals surface area contributed by atoms with Crippen LogP contribution in [-0.4, -0.2) is 41.4 Å². The number of hydrogen-bond donors (Lipinski definition) is 2. The number of H-pyrrole nitrogens is 1. The van der Waals surface area contributed by atoms with E-state index >= 15 is 0 Å². The maximum absolute atomic E-state index is 12.8. The van der Waals surface area contributed by atoms with Crippen molar-refractivity contribution >= 4 is 28.2 Å². The van der Waals surface area contributed by atoms with Crippen molar-refractivity contribution in [3.63, 3.8) is 0 Å². The fourth-order valence-electron chi connectivity index (χ4n) is 3.82. The first-order valence-electron chi connectivity index (χ1n) is 10.5. The molecule has 1 aliphatic heterocycles. The minimum Gasteiger partial charge on any atom is -0.497 e. The average molecular weight is 438 g/mol. The first-order chi connectivity index (χ1) is 15.1. The van der Waals surface area contributed by atoms with E-state index in [-0.39, 0.29) is 11.7 Å². The highest BCUT2D eigenvalue weighted by molar-refractivity contribution is 7.80. The van der Waals surface area contributed by atoms with Gasteiger partial charge in [0.05, 0.1) is 19.8 Å². The number of aromatic nitrogens is 1. The van der Waals surface area contributed by atoms with Crippen LogP contribution in [-0.2, 0) is 17.8 Å². The lowest BCUT2D eigenvalue weighted by Gasteiger charge is -2.28. The summed E-state index contributed by atoms with van der Waals surface area (Å²) in [4.78, 5) is 17.8. The Hall–Kier alpha value is -2.90. The quantitative estimate of drug-likeness (QED) is 0.551. The molecule has 0 bridgehead atoms. The van der Waals surface area contributed by atoms with Gasteiger partial charge in [0, 0.05) is 36.2 Å². The molecular formula is C24H27N3O3S. The second-order valence-corrected chi connectivity index (χ2v) is 8.12. The Bertz CT molecular complexity index is 1090. The summed E-state index contributed by atoms with van der Waals surface area (Å²) in [5.74, 6) is 0.752. The smallest absolute Gasteiger partial charge is 0.253 e. The molecule has 1 atom stereocenters. The number of thiocarbonyl (C=S) groups is 1. The summed E-state index contributed by atoms with van der Waals surface area (Å²) >= 11 is 5.71. The van der Waals surface area contributed by atoms with E-state index in [9.17, 15) is 4.79 Å². The van der Waals surface area contributed by atoms with Crippen LogP contribution in [0.25, 0.3) is 10.9 Å². The molecule has 1 aliphatic rings. The van der Waals surface area contributed by atoms with Gasteiger partial charge in [-0.3, -0.25) is 4.79 Å². The molecule has 0 spiro atoms. The molecule has 162 valence electrons. The van der Waals surface area contributed by atoms with Crippen molar-refractivity contribution in [2.75, 3.05) is 20.3 Å². The Morgan fingerprint density at radius 2 is 2.10 bits per heavy atom. The highest BCUT2D eigenvalue weighted by atomic mass is 32.1.